The molecule has 1 fully saturated rings. The van der Waals surface area contributed by atoms with E-state index in [1.165, 1.54) is 0 Å². The number of piperidine rings is 1. The van der Waals surface area contributed by atoms with Gasteiger partial charge in [0.15, 0.2) is 0 Å². The first-order chi connectivity index (χ1) is 8.48. The number of nitrogens with one attached hydrogen (secondary N) is 1. The normalized spacial score (nSPS) is 18.7. The Morgan fingerprint density at radius 3 is 2.44 bits per heavy atom. The highest BCUT2D eigenvalue weighted by atomic mass is 32.2. The smallest absolute Gasteiger partial charge is 0.217 e. The van der Waals surface area contributed by atoms with Gasteiger partial charge in [-0.3, -0.25) is 0 Å². The fourth-order valence-electron chi connectivity index (χ4n) is 2.23. The van der Waals surface area contributed by atoms with Gasteiger partial charge in [0.2, 0.25) is 10.0 Å². The van der Waals surface area contributed by atoms with Crippen molar-refractivity contribution in [1.82, 2.24) is 9.62 Å². The maximum Gasteiger partial charge on any atom is 0.217 e. The van der Waals surface area contributed by atoms with E-state index in [2.05, 4.69) is 5.32 Å². The van der Waals surface area contributed by atoms with Gasteiger partial charge in [-0.05, 0) is 31.8 Å². The fraction of sp³-hybridized carbons (Fsp3) is 1.00. The van der Waals surface area contributed by atoms with Crippen LogP contribution < -0.4 is 5.32 Å². The fourth-order valence-corrected chi connectivity index (χ4v) is 4.31. The van der Waals surface area contributed by atoms with E-state index in [-0.39, 0.29) is 5.25 Å². The number of hydrogen-bond acceptors (Lipinski definition) is 4. The highest BCUT2D eigenvalue weighted by molar-refractivity contribution is 7.89. The molecule has 1 saturated heterocycles. The Bertz CT molecular complexity index is 324. The monoisotopic (exact) mass is 278 g/mol. The highest BCUT2D eigenvalue weighted by Gasteiger charge is 2.32. The molecule has 0 amide bonds. The lowest BCUT2D eigenvalue weighted by atomic mass is 10.2. The Morgan fingerprint density at radius 1 is 1.33 bits per heavy atom. The molecule has 0 bridgehead atoms. The van der Waals surface area contributed by atoms with Gasteiger partial charge in [-0.2, -0.15) is 4.31 Å². The maximum absolute atomic E-state index is 12.6. The molecule has 1 N–H and O–H groups in total. The number of hydrogen-bond donors (Lipinski definition) is 1. The average molecular weight is 278 g/mol. The van der Waals surface area contributed by atoms with Gasteiger partial charge in [-0.25, -0.2) is 8.42 Å². The summed E-state index contributed by atoms with van der Waals surface area (Å²) < 4.78 is 31.8. The number of nitrogens with zero attached hydrogens (tertiary/aromatic N) is 1. The lowest BCUT2D eigenvalue weighted by Gasteiger charge is -2.30. The lowest BCUT2D eigenvalue weighted by molar-refractivity contribution is 0.174. The van der Waals surface area contributed by atoms with Crippen molar-refractivity contribution in [3.63, 3.8) is 0 Å². The number of methoxy groups -OCH3 is 1. The lowest BCUT2D eigenvalue weighted by Crippen LogP contribution is -2.46. The molecule has 0 unspecified atom stereocenters. The van der Waals surface area contributed by atoms with Gasteiger partial charge in [0, 0.05) is 20.2 Å². The molecule has 6 heteroatoms. The van der Waals surface area contributed by atoms with Crippen LogP contribution in [-0.4, -0.2) is 57.9 Å². The molecule has 0 atom stereocenters. The Balaban J connectivity index is 2.73. The number of sulfonamides is 1. The summed E-state index contributed by atoms with van der Waals surface area (Å²) in [5.74, 6) is 0.332. The third-order valence-corrected chi connectivity index (χ3v) is 5.55. The van der Waals surface area contributed by atoms with Gasteiger partial charge >= 0.3 is 0 Å². The molecule has 1 aliphatic heterocycles. The maximum atomic E-state index is 12.6. The summed E-state index contributed by atoms with van der Waals surface area (Å²) in [5, 5.41) is 2.97. The van der Waals surface area contributed by atoms with Crippen molar-refractivity contribution in [2.24, 2.45) is 5.92 Å². The van der Waals surface area contributed by atoms with Gasteiger partial charge in [-0.1, -0.05) is 13.8 Å². The summed E-state index contributed by atoms with van der Waals surface area (Å²) in [6.45, 7) is 7.16. The molecule has 18 heavy (non-hydrogen) atoms. The van der Waals surface area contributed by atoms with Crippen LogP contribution in [0.25, 0.3) is 0 Å². The zero-order valence-corrected chi connectivity index (χ0v) is 12.5. The molecule has 5 nitrogen and oxygen atoms in total. The minimum atomic E-state index is -3.18. The van der Waals surface area contributed by atoms with Crippen LogP contribution in [0.2, 0.25) is 0 Å². The van der Waals surface area contributed by atoms with E-state index in [1.807, 2.05) is 13.8 Å². The molecule has 1 heterocycles. The van der Waals surface area contributed by atoms with E-state index >= 15 is 0 Å². The minimum absolute atomic E-state index is 0.227. The highest BCUT2D eigenvalue weighted by Crippen LogP contribution is 2.19. The molecule has 0 saturated carbocycles. The topological polar surface area (TPSA) is 58.6 Å². The zero-order valence-electron chi connectivity index (χ0n) is 11.7. The van der Waals surface area contributed by atoms with Gasteiger partial charge in [0.25, 0.3) is 0 Å². The summed E-state index contributed by atoms with van der Waals surface area (Å²) in [6, 6.07) is 0. The molecule has 108 valence electrons. The van der Waals surface area contributed by atoms with Crippen LogP contribution in [0.1, 0.15) is 26.7 Å². The Kier molecular flexibility index (Phi) is 6.55. The van der Waals surface area contributed by atoms with E-state index in [4.69, 9.17) is 4.74 Å². The summed E-state index contributed by atoms with van der Waals surface area (Å²) in [4.78, 5) is 0. The predicted octanol–water partition coefficient (Wildman–Crippen LogP) is 0.673. The molecule has 0 aliphatic carbocycles. The second-order valence-corrected chi connectivity index (χ2v) is 7.45. The molecular formula is C12H26N2O3S. The van der Waals surface area contributed by atoms with E-state index in [9.17, 15) is 8.42 Å². The van der Waals surface area contributed by atoms with Crippen molar-refractivity contribution in [3.8, 4) is 0 Å². The van der Waals surface area contributed by atoms with Crippen molar-refractivity contribution in [2.45, 2.75) is 31.9 Å². The summed E-state index contributed by atoms with van der Waals surface area (Å²) >= 11 is 0. The molecule has 0 aromatic carbocycles. The SMILES string of the molecule is COCCN(CC(C)C)S(=O)(=O)C1CCNCC1. The Morgan fingerprint density at radius 2 is 1.94 bits per heavy atom. The van der Waals surface area contributed by atoms with Gasteiger partial charge in [0.1, 0.15) is 0 Å². The Labute approximate surface area is 111 Å². The van der Waals surface area contributed by atoms with Gasteiger partial charge < -0.3 is 10.1 Å². The standard InChI is InChI=1S/C12H26N2O3S/c1-11(2)10-14(8-9-17-3)18(15,16)12-4-6-13-7-5-12/h11-13H,4-10H2,1-3H3. The number of rotatable bonds is 7. The van der Waals surface area contributed by atoms with E-state index in [0.29, 0.717) is 38.5 Å². The van der Waals surface area contributed by atoms with Crippen LogP contribution in [0.15, 0.2) is 0 Å². The average Bonchev–Trinajstić information content (AvgIpc) is 2.35. The third kappa shape index (κ3) is 4.50. The van der Waals surface area contributed by atoms with Crippen molar-refractivity contribution in [2.75, 3.05) is 39.9 Å². The first-order valence-electron chi connectivity index (χ1n) is 6.67. The molecule has 0 aromatic rings. The minimum Gasteiger partial charge on any atom is -0.383 e. The van der Waals surface area contributed by atoms with Crippen LogP contribution in [0.4, 0.5) is 0 Å². The molecule has 0 aromatic heterocycles. The molecular weight excluding hydrogens is 252 g/mol. The first-order valence-corrected chi connectivity index (χ1v) is 8.17. The second-order valence-electron chi connectivity index (χ2n) is 5.24. The van der Waals surface area contributed by atoms with Crippen LogP contribution >= 0.6 is 0 Å². The van der Waals surface area contributed by atoms with Crippen molar-refractivity contribution < 1.29 is 13.2 Å². The van der Waals surface area contributed by atoms with Crippen LogP contribution in [0, 0.1) is 5.92 Å². The summed E-state index contributed by atoms with van der Waals surface area (Å²) in [5.41, 5.74) is 0. The number of ether oxygens (including phenoxy) is 1. The van der Waals surface area contributed by atoms with Gasteiger partial charge in [-0.15, -0.1) is 0 Å². The summed E-state index contributed by atoms with van der Waals surface area (Å²) in [7, 11) is -1.58. The zero-order chi connectivity index (χ0) is 13.6. The van der Waals surface area contributed by atoms with Crippen molar-refractivity contribution in [3.05, 3.63) is 0 Å². The quantitative estimate of drug-likeness (QED) is 0.744. The molecule has 1 rings (SSSR count). The van der Waals surface area contributed by atoms with E-state index in [1.54, 1.807) is 11.4 Å². The van der Waals surface area contributed by atoms with Gasteiger partial charge in [0.05, 0.1) is 11.9 Å². The van der Waals surface area contributed by atoms with Crippen molar-refractivity contribution >= 4 is 10.0 Å². The third-order valence-electron chi connectivity index (χ3n) is 3.18. The molecule has 1 aliphatic rings. The summed E-state index contributed by atoms with van der Waals surface area (Å²) in [6.07, 6.45) is 1.42. The molecule has 0 spiro atoms. The van der Waals surface area contributed by atoms with Crippen LogP contribution in [-0.2, 0) is 14.8 Å². The van der Waals surface area contributed by atoms with E-state index in [0.717, 1.165) is 13.1 Å². The van der Waals surface area contributed by atoms with E-state index < -0.39 is 10.0 Å². The Hall–Kier alpha value is -0.170. The van der Waals surface area contributed by atoms with Crippen LogP contribution in [0.5, 0.6) is 0 Å². The predicted molar refractivity (Wildman–Crippen MR) is 73.1 cm³/mol. The van der Waals surface area contributed by atoms with Crippen molar-refractivity contribution in [1.29, 1.82) is 0 Å². The first kappa shape index (κ1) is 15.9. The second kappa shape index (κ2) is 7.43. The van der Waals surface area contributed by atoms with Crippen LogP contribution in [0.3, 0.4) is 0 Å². The largest absolute Gasteiger partial charge is 0.383 e. The molecule has 0 radical (unpaired) electrons.